The summed E-state index contributed by atoms with van der Waals surface area (Å²) in [6, 6.07) is 7.03. The molecule has 0 aliphatic carbocycles. The van der Waals surface area contributed by atoms with Crippen LogP contribution in [0.5, 0.6) is 5.75 Å². The Hall–Kier alpha value is -2.74. The molecule has 0 aliphatic rings. The second kappa shape index (κ2) is 7.43. The van der Waals surface area contributed by atoms with Gasteiger partial charge in [-0.25, -0.2) is 9.97 Å². The minimum absolute atomic E-state index is 0.101. The predicted octanol–water partition coefficient (Wildman–Crippen LogP) is 2.45. The van der Waals surface area contributed by atoms with E-state index in [4.69, 9.17) is 4.74 Å². The van der Waals surface area contributed by atoms with Gasteiger partial charge in [0.2, 0.25) is 5.91 Å². The number of fused-ring (bicyclic) bond motifs is 1. The van der Waals surface area contributed by atoms with E-state index in [2.05, 4.69) is 15.3 Å². The van der Waals surface area contributed by atoms with Crippen LogP contribution in [0.15, 0.2) is 35.4 Å². The van der Waals surface area contributed by atoms with Crippen molar-refractivity contribution in [3.63, 3.8) is 0 Å². The Morgan fingerprint density at radius 1 is 1.32 bits per heavy atom. The minimum atomic E-state index is -0.322. The highest BCUT2D eigenvalue weighted by molar-refractivity contribution is 7.22. The lowest BCUT2D eigenvalue weighted by molar-refractivity contribution is -0.116. The molecule has 3 rings (SSSR count). The molecule has 0 fully saturated rings. The van der Waals surface area contributed by atoms with Crippen molar-refractivity contribution in [3.8, 4) is 5.75 Å². The molecule has 3 aromatic rings. The molecule has 2 heterocycles. The molecule has 1 amide bonds. The van der Waals surface area contributed by atoms with E-state index >= 15 is 0 Å². The Morgan fingerprint density at radius 2 is 2.16 bits per heavy atom. The van der Waals surface area contributed by atoms with Gasteiger partial charge in [-0.3, -0.25) is 14.2 Å². The molecule has 1 aromatic carbocycles. The van der Waals surface area contributed by atoms with E-state index in [0.29, 0.717) is 23.9 Å². The van der Waals surface area contributed by atoms with Gasteiger partial charge in [0.15, 0.2) is 5.13 Å². The zero-order valence-corrected chi connectivity index (χ0v) is 14.8. The van der Waals surface area contributed by atoms with Crippen molar-refractivity contribution >= 4 is 32.6 Å². The first-order valence-electron chi connectivity index (χ1n) is 7.97. The van der Waals surface area contributed by atoms with Crippen molar-refractivity contribution in [1.82, 2.24) is 14.5 Å². The van der Waals surface area contributed by atoms with Crippen LogP contribution in [-0.2, 0) is 17.8 Å². The molecular weight excluding hydrogens is 340 g/mol. The summed E-state index contributed by atoms with van der Waals surface area (Å²) in [4.78, 5) is 32.6. The van der Waals surface area contributed by atoms with E-state index in [1.165, 1.54) is 28.3 Å². The number of anilines is 1. The molecule has 0 saturated carbocycles. The average molecular weight is 358 g/mol. The number of nitrogens with zero attached hydrogens (tertiary/aromatic N) is 3. The molecule has 1 N–H and O–H groups in total. The van der Waals surface area contributed by atoms with Crippen LogP contribution in [0.25, 0.3) is 10.2 Å². The quantitative estimate of drug-likeness (QED) is 0.731. The first-order chi connectivity index (χ1) is 12.1. The third-order valence-corrected chi connectivity index (χ3v) is 4.46. The average Bonchev–Trinajstić information content (AvgIpc) is 2.98. The lowest BCUT2D eigenvalue weighted by Crippen LogP contribution is -2.27. The number of nitrogens with one attached hydrogen (secondary N) is 1. The Labute approximate surface area is 148 Å². The molecular formula is C17H18N4O3S. The maximum atomic E-state index is 12.2. The van der Waals surface area contributed by atoms with Crippen molar-refractivity contribution in [1.29, 1.82) is 0 Å². The maximum absolute atomic E-state index is 12.2. The zero-order valence-electron chi connectivity index (χ0n) is 14.0. The van der Waals surface area contributed by atoms with Gasteiger partial charge in [-0.05, 0) is 31.5 Å². The number of thiazole rings is 1. The molecule has 8 heteroatoms. The summed E-state index contributed by atoms with van der Waals surface area (Å²) in [6.07, 6.45) is 2.07. The highest BCUT2D eigenvalue weighted by Gasteiger charge is 2.10. The molecule has 0 spiro atoms. The molecule has 0 aliphatic heterocycles. The molecule has 25 heavy (non-hydrogen) atoms. The van der Waals surface area contributed by atoms with Crippen LogP contribution >= 0.6 is 11.3 Å². The Kier molecular flexibility index (Phi) is 5.08. The van der Waals surface area contributed by atoms with Crippen LogP contribution in [-0.4, -0.2) is 27.0 Å². The van der Waals surface area contributed by atoms with Crippen LogP contribution in [0.2, 0.25) is 0 Å². The topological polar surface area (TPSA) is 86.1 Å². The maximum Gasteiger partial charge on any atom is 0.253 e. The number of carbonyl (C=O) groups is 1. The fourth-order valence-corrected chi connectivity index (χ4v) is 3.21. The van der Waals surface area contributed by atoms with E-state index in [1.54, 1.807) is 0 Å². The Bertz CT molecular complexity index is 964. The molecule has 0 unspecified atom stereocenters. The fraction of sp³-hybridized carbons (Fsp3) is 0.294. The number of ether oxygens (including phenoxy) is 1. The number of hydrogen-bond acceptors (Lipinski definition) is 6. The second-order valence-corrected chi connectivity index (χ2v) is 6.36. The number of rotatable bonds is 6. The Morgan fingerprint density at radius 3 is 2.88 bits per heavy atom. The first kappa shape index (κ1) is 17.1. The summed E-state index contributed by atoms with van der Waals surface area (Å²) in [6.45, 7) is 4.33. The summed E-state index contributed by atoms with van der Waals surface area (Å²) in [5, 5.41) is 3.21. The van der Waals surface area contributed by atoms with Crippen molar-refractivity contribution in [2.75, 3.05) is 11.9 Å². The van der Waals surface area contributed by atoms with E-state index in [1.807, 2.05) is 32.0 Å². The molecule has 2 aromatic heterocycles. The number of carbonyl (C=O) groups excluding carboxylic acids is 1. The number of benzene rings is 1. The monoisotopic (exact) mass is 358 g/mol. The van der Waals surface area contributed by atoms with Crippen molar-refractivity contribution < 1.29 is 9.53 Å². The van der Waals surface area contributed by atoms with Gasteiger partial charge in [0, 0.05) is 11.8 Å². The van der Waals surface area contributed by atoms with Crippen molar-refractivity contribution in [2.24, 2.45) is 0 Å². The summed E-state index contributed by atoms with van der Waals surface area (Å²) >= 11 is 1.36. The van der Waals surface area contributed by atoms with Gasteiger partial charge >= 0.3 is 0 Å². The summed E-state index contributed by atoms with van der Waals surface area (Å²) in [5.41, 5.74) is 1.25. The fourth-order valence-electron chi connectivity index (χ4n) is 2.30. The number of aromatic nitrogens is 3. The number of aryl methyl sites for hydroxylation is 1. The van der Waals surface area contributed by atoms with Crippen LogP contribution in [0.4, 0.5) is 5.13 Å². The van der Waals surface area contributed by atoms with Gasteiger partial charge in [-0.2, -0.15) is 0 Å². The predicted molar refractivity (Wildman–Crippen MR) is 97.3 cm³/mol. The molecule has 130 valence electrons. The smallest absolute Gasteiger partial charge is 0.253 e. The van der Waals surface area contributed by atoms with Gasteiger partial charge in [0.1, 0.15) is 12.3 Å². The lowest BCUT2D eigenvalue weighted by Gasteiger charge is -2.05. The van der Waals surface area contributed by atoms with Crippen LogP contribution in [0.3, 0.4) is 0 Å². The molecule has 0 saturated heterocycles. The van der Waals surface area contributed by atoms with E-state index in [0.717, 1.165) is 16.0 Å². The first-order valence-corrected chi connectivity index (χ1v) is 8.79. The highest BCUT2D eigenvalue weighted by Crippen LogP contribution is 2.29. The van der Waals surface area contributed by atoms with Crippen molar-refractivity contribution in [2.45, 2.75) is 26.8 Å². The van der Waals surface area contributed by atoms with Crippen LogP contribution in [0, 0.1) is 0 Å². The Balaban J connectivity index is 1.72. The van der Waals surface area contributed by atoms with Gasteiger partial charge in [-0.1, -0.05) is 18.3 Å². The minimum Gasteiger partial charge on any atom is -0.494 e. The summed E-state index contributed by atoms with van der Waals surface area (Å²) < 4.78 is 7.66. The zero-order chi connectivity index (χ0) is 17.8. The van der Waals surface area contributed by atoms with E-state index in [-0.39, 0.29) is 18.0 Å². The lowest BCUT2D eigenvalue weighted by atomic mass is 10.3. The summed E-state index contributed by atoms with van der Waals surface area (Å²) in [7, 11) is 0. The standard InChI is InChI=1S/C17H18N4O3S/c1-3-11-7-16(23)21(10-18-11)9-15(22)20-17-19-13-6-5-12(24-4-2)8-14(13)25-17/h5-8,10H,3-4,9H2,1-2H3,(H,19,20,22). The number of amides is 1. The normalized spacial score (nSPS) is 10.8. The molecule has 7 nitrogen and oxygen atoms in total. The van der Waals surface area contributed by atoms with Gasteiger partial charge in [0.05, 0.1) is 23.2 Å². The van der Waals surface area contributed by atoms with Crippen LogP contribution < -0.4 is 15.6 Å². The molecule has 0 bridgehead atoms. The van der Waals surface area contributed by atoms with Gasteiger partial charge in [-0.15, -0.1) is 0 Å². The SMILES string of the molecule is CCOc1ccc2nc(NC(=O)Cn3cnc(CC)cc3=O)sc2c1. The third kappa shape index (κ3) is 4.03. The molecule has 0 atom stereocenters. The third-order valence-electron chi connectivity index (χ3n) is 3.53. The van der Waals surface area contributed by atoms with Crippen molar-refractivity contribution in [3.05, 3.63) is 46.6 Å². The van der Waals surface area contributed by atoms with Gasteiger partial charge in [0.25, 0.3) is 5.56 Å². The highest BCUT2D eigenvalue weighted by atomic mass is 32.1. The van der Waals surface area contributed by atoms with E-state index < -0.39 is 0 Å². The number of hydrogen-bond donors (Lipinski definition) is 1. The second-order valence-electron chi connectivity index (χ2n) is 5.33. The van der Waals surface area contributed by atoms with E-state index in [9.17, 15) is 9.59 Å². The largest absolute Gasteiger partial charge is 0.494 e. The molecule has 0 radical (unpaired) electrons. The van der Waals surface area contributed by atoms with Crippen LogP contribution in [0.1, 0.15) is 19.5 Å². The summed E-state index contributed by atoms with van der Waals surface area (Å²) in [5.74, 6) is 0.447. The van der Waals surface area contributed by atoms with Gasteiger partial charge < -0.3 is 10.1 Å².